The van der Waals surface area contributed by atoms with Crippen molar-refractivity contribution in [1.29, 1.82) is 0 Å². The zero-order valence-electron chi connectivity index (χ0n) is 6.78. The van der Waals surface area contributed by atoms with Crippen molar-refractivity contribution in [3.8, 4) is 11.8 Å². The van der Waals surface area contributed by atoms with Crippen LogP contribution in [-0.2, 0) is 0 Å². The molecular formula is C10H7Cl3. The van der Waals surface area contributed by atoms with Crippen molar-refractivity contribution in [2.24, 2.45) is 0 Å². The lowest BCUT2D eigenvalue weighted by Crippen LogP contribution is -1.75. The zero-order valence-corrected chi connectivity index (χ0v) is 9.05. The first-order chi connectivity index (χ1) is 6.22. The third kappa shape index (κ3) is 3.91. The summed E-state index contributed by atoms with van der Waals surface area (Å²) in [7, 11) is 0. The van der Waals surface area contributed by atoms with Gasteiger partial charge in [-0.25, -0.2) is 0 Å². The van der Waals surface area contributed by atoms with Crippen LogP contribution in [0, 0.1) is 11.8 Å². The van der Waals surface area contributed by atoms with Gasteiger partial charge >= 0.3 is 0 Å². The molecule has 13 heavy (non-hydrogen) atoms. The molecule has 3 heteroatoms. The summed E-state index contributed by atoms with van der Waals surface area (Å²) in [5.41, 5.74) is 0.822. The molecule has 0 aliphatic carbocycles. The van der Waals surface area contributed by atoms with E-state index in [1.165, 1.54) is 0 Å². The van der Waals surface area contributed by atoms with Gasteiger partial charge < -0.3 is 0 Å². The maximum Gasteiger partial charge on any atom is 0.0433 e. The minimum atomic E-state index is 0.543. The predicted molar refractivity (Wildman–Crippen MR) is 58.7 cm³/mol. The Morgan fingerprint density at radius 2 is 1.69 bits per heavy atom. The Bertz CT molecular complexity index is 327. The highest BCUT2D eigenvalue weighted by Crippen LogP contribution is 2.18. The molecule has 1 aromatic carbocycles. The molecule has 0 bridgehead atoms. The van der Waals surface area contributed by atoms with Gasteiger partial charge in [0.05, 0.1) is 0 Å². The lowest BCUT2D eigenvalue weighted by molar-refractivity contribution is 1.29. The van der Waals surface area contributed by atoms with Gasteiger partial charge in [-0.2, -0.15) is 0 Å². The summed E-state index contributed by atoms with van der Waals surface area (Å²) in [4.78, 5) is 0. The van der Waals surface area contributed by atoms with Crippen LogP contribution >= 0.6 is 34.8 Å². The smallest absolute Gasteiger partial charge is 0.0433 e. The second kappa shape index (κ2) is 5.40. The normalized spacial score (nSPS) is 9.15. The monoisotopic (exact) mass is 232 g/mol. The van der Waals surface area contributed by atoms with Gasteiger partial charge in [0.1, 0.15) is 0 Å². The fraction of sp³-hybridized carbons (Fsp3) is 0.200. The maximum atomic E-state index is 5.78. The molecule has 0 fully saturated rings. The van der Waals surface area contributed by atoms with Crippen LogP contribution in [-0.4, -0.2) is 5.88 Å². The van der Waals surface area contributed by atoms with E-state index >= 15 is 0 Å². The van der Waals surface area contributed by atoms with Crippen molar-refractivity contribution in [3.05, 3.63) is 33.8 Å². The number of alkyl halides is 1. The van der Waals surface area contributed by atoms with Crippen LogP contribution in [0.1, 0.15) is 12.0 Å². The van der Waals surface area contributed by atoms with E-state index in [1.54, 1.807) is 18.2 Å². The first kappa shape index (κ1) is 10.7. The maximum absolute atomic E-state index is 5.78. The summed E-state index contributed by atoms with van der Waals surface area (Å²) >= 11 is 17.0. The van der Waals surface area contributed by atoms with E-state index in [-0.39, 0.29) is 0 Å². The van der Waals surface area contributed by atoms with Crippen molar-refractivity contribution >= 4 is 34.8 Å². The number of halogens is 3. The average molecular weight is 234 g/mol. The molecule has 0 saturated carbocycles. The predicted octanol–water partition coefficient (Wildman–Crippen LogP) is 3.97. The summed E-state index contributed by atoms with van der Waals surface area (Å²) < 4.78 is 0. The highest BCUT2D eigenvalue weighted by molar-refractivity contribution is 6.34. The highest BCUT2D eigenvalue weighted by Gasteiger charge is 1.94. The molecule has 0 aliphatic heterocycles. The van der Waals surface area contributed by atoms with Gasteiger partial charge in [0.15, 0.2) is 0 Å². The number of benzene rings is 1. The fourth-order valence-corrected chi connectivity index (χ4v) is 1.46. The molecule has 0 aromatic heterocycles. The van der Waals surface area contributed by atoms with Crippen molar-refractivity contribution in [1.82, 2.24) is 0 Å². The van der Waals surface area contributed by atoms with Crippen LogP contribution in [0.2, 0.25) is 10.0 Å². The standard InChI is InChI=1S/C10H7Cl3/c11-4-2-1-3-8-5-9(12)7-10(13)6-8/h5-7H,2,4H2. The summed E-state index contributed by atoms with van der Waals surface area (Å²) in [5, 5.41) is 1.20. The molecule has 1 rings (SSSR count). The Balaban J connectivity index is 2.85. The SMILES string of the molecule is ClCCC#Cc1cc(Cl)cc(Cl)c1. The summed E-state index contributed by atoms with van der Waals surface area (Å²) in [6, 6.07) is 5.22. The molecule has 0 nitrogen and oxygen atoms in total. The molecule has 0 saturated heterocycles. The van der Waals surface area contributed by atoms with Crippen molar-refractivity contribution in [2.75, 3.05) is 5.88 Å². The van der Waals surface area contributed by atoms with E-state index in [4.69, 9.17) is 34.8 Å². The Kier molecular flexibility index (Phi) is 4.45. The van der Waals surface area contributed by atoms with Gasteiger partial charge in [-0.05, 0) is 18.2 Å². The average Bonchev–Trinajstić information content (AvgIpc) is 2.03. The fourth-order valence-electron chi connectivity index (χ4n) is 0.838. The molecule has 1 aromatic rings. The molecule has 0 amide bonds. The highest BCUT2D eigenvalue weighted by atomic mass is 35.5. The summed E-state index contributed by atoms with van der Waals surface area (Å²) in [5.74, 6) is 6.37. The summed E-state index contributed by atoms with van der Waals surface area (Å²) in [6.45, 7) is 0. The quantitative estimate of drug-likeness (QED) is 0.508. The first-order valence-corrected chi connectivity index (χ1v) is 5.02. The Hall–Kier alpha value is -0.350. The molecular weight excluding hydrogens is 226 g/mol. The first-order valence-electron chi connectivity index (χ1n) is 3.73. The van der Waals surface area contributed by atoms with Gasteiger partial charge in [-0.15, -0.1) is 11.6 Å². The number of rotatable bonds is 1. The van der Waals surface area contributed by atoms with Crippen LogP contribution in [0.5, 0.6) is 0 Å². The van der Waals surface area contributed by atoms with E-state index < -0.39 is 0 Å². The van der Waals surface area contributed by atoms with E-state index in [2.05, 4.69) is 11.8 Å². The van der Waals surface area contributed by atoms with Gasteiger partial charge in [0.25, 0.3) is 0 Å². The van der Waals surface area contributed by atoms with Crippen LogP contribution < -0.4 is 0 Å². The third-order valence-electron chi connectivity index (χ3n) is 1.31. The number of hydrogen-bond acceptors (Lipinski definition) is 0. The molecule has 0 aliphatic rings. The molecule has 0 atom stereocenters. The topological polar surface area (TPSA) is 0 Å². The minimum Gasteiger partial charge on any atom is -0.126 e. The Morgan fingerprint density at radius 3 is 2.23 bits per heavy atom. The van der Waals surface area contributed by atoms with Gasteiger partial charge in [0.2, 0.25) is 0 Å². The second-order valence-electron chi connectivity index (χ2n) is 2.40. The molecule has 0 radical (unpaired) electrons. The van der Waals surface area contributed by atoms with E-state index in [9.17, 15) is 0 Å². The zero-order chi connectivity index (χ0) is 9.68. The van der Waals surface area contributed by atoms with Crippen LogP contribution in [0.4, 0.5) is 0 Å². The lowest BCUT2D eigenvalue weighted by Gasteiger charge is -1.94. The molecule has 0 spiro atoms. The number of hydrogen-bond donors (Lipinski definition) is 0. The van der Waals surface area contributed by atoms with Crippen molar-refractivity contribution in [2.45, 2.75) is 6.42 Å². The molecule has 0 unspecified atom stereocenters. The summed E-state index contributed by atoms with van der Waals surface area (Å²) in [6.07, 6.45) is 0.672. The Morgan fingerprint density at radius 1 is 1.08 bits per heavy atom. The van der Waals surface area contributed by atoms with Crippen LogP contribution in [0.25, 0.3) is 0 Å². The van der Waals surface area contributed by atoms with Crippen LogP contribution in [0.3, 0.4) is 0 Å². The van der Waals surface area contributed by atoms with Gasteiger partial charge in [0, 0.05) is 27.9 Å². The van der Waals surface area contributed by atoms with Crippen molar-refractivity contribution < 1.29 is 0 Å². The molecule has 68 valence electrons. The van der Waals surface area contributed by atoms with E-state index in [0.717, 1.165) is 5.56 Å². The third-order valence-corrected chi connectivity index (χ3v) is 1.94. The second-order valence-corrected chi connectivity index (χ2v) is 3.65. The largest absolute Gasteiger partial charge is 0.126 e. The van der Waals surface area contributed by atoms with Crippen molar-refractivity contribution in [3.63, 3.8) is 0 Å². The van der Waals surface area contributed by atoms with Gasteiger partial charge in [-0.3, -0.25) is 0 Å². The van der Waals surface area contributed by atoms with E-state index in [0.29, 0.717) is 22.3 Å². The van der Waals surface area contributed by atoms with Gasteiger partial charge in [-0.1, -0.05) is 35.0 Å². The molecule has 0 N–H and O–H groups in total. The molecule has 0 heterocycles. The minimum absolute atomic E-state index is 0.543. The van der Waals surface area contributed by atoms with E-state index in [1.807, 2.05) is 0 Å². The Labute approximate surface area is 92.8 Å². The lowest BCUT2D eigenvalue weighted by atomic mass is 10.2. The van der Waals surface area contributed by atoms with Crippen LogP contribution in [0.15, 0.2) is 18.2 Å².